The van der Waals surface area contributed by atoms with E-state index in [0.29, 0.717) is 23.0 Å². The molecule has 0 atom stereocenters. The summed E-state index contributed by atoms with van der Waals surface area (Å²) in [6, 6.07) is 3.60. The zero-order valence-electron chi connectivity index (χ0n) is 11.4. The van der Waals surface area contributed by atoms with Gasteiger partial charge in [-0.2, -0.15) is 4.98 Å². The molecule has 0 amide bonds. The van der Waals surface area contributed by atoms with Gasteiger partial charge in [-0.3, -0.25) is 4.79 Å². The van der Waals surface area contributed by atoms with Crippen molar-refractivity contribution in [1.82, 2.24) is 10.1 Å². The smallest absolute Gasteiger partial charge is 0.264 e. The first-order valence-corrected chi connectivity index (χ1v) is 7.13. The lowest BCUT2D eigenvalue weighted by atomic mass is 10.1. The summed E-state index contributed by atoms with van der Waals surface area (Å²) in [4.78, 5) is 15.3. The van der Waals surface area contributed by atoms with Crippen LogP contribution in [0.3, 0.4) is 0 Å². The summed E-state index contributed by atoms with van der Waals surface area (Å²) in [7, 11) is 0. The van der Waals surface area contributed by atoms with Gasteiger partial charge in [0.2, 0.25) is 0 Å². The van der Waals surface area contributed by atoms with Crippen LogP contribution in [0.5, 0.6) is 5.75 Å². The second kappa shape index (κ2) is 6.65. The predicted molar refractivity (Wildman–Crippen MR) is 76.9 cm³/mol. The summed E-state index contributed by atoms with van der Waals surface area (Å²) >= 11 is 3.35. The van der Waals surface area contributed by atoms with Crippen molar-refractivity contribution in [2.75, 3.05) is 0 Å². The van der Waals surface area contributed by atoms with Crippen LogP contribution in [0.2, 0.25) is 0 Å². The lowest BCUT2D eigenvalue weighted by molar-refractivity contribution is 0.111. The second-order valence-corrected chi connectivity index (χ2v) is 5.32. The van der Waals surface area contributed by atoms with Crippen LogP contribution in [0.25, 0.3) is 0 Å². The Morgan fingerprint density at radius 3 is 2.95 bits per heavy atom. The van der Waals surface area contributed by atoms with Crippen LogP contribution in [-0.2, 0) is 13.0 Å². The van der Waals surface area contributed by atoms with Gasteiger partial charge in [0.05, 0.1) is 5.56 Å². The van der Waals surface area contributed by atoms with Gasteiger partial charge in [0.1, 0.15) is 5.75 Å². The van der Waals surface area contributed by atoms with E-state index < -0.39 is 0 Å². The maximum atomic E-state index is 11.1. The second-order valence-electron chi connectivity index (χ2n) is 4.40. The lowest BCUT2D eigenvalue weighted by Gasteiger charge is -2.10. The molecule has 0 fully saturated rings. The molecule has 1 aromatic carbocycles. The number of nitrogens with zero attached hydrogens (tertiary/aromatic N) is 2. The third kappa shape index (κ3) is 3.45. The van der Waals surface area contributed by atoms with Crippen molar-refractivity contribution < 1.29 is 14.1 Å². The third-order valence-electron chi connectivity index (χ3n) is 2.72. The zero-order valence-corrected chi connectivity index (χ0v) is 12.9. The van der Waals surface area contributed by atoms with E-state index >= 15 is 0 Å². The molecule has 0 aliphatic carbocycles. The van der Waals surface area contributed by atoms with Crippen LogP contribution >= 0.6 is 15.9 Å². The van der Waals surface area contributed by atoms with Crippen LogP contribution in [0.15, 0.2) is 21.1 Å². The normalized spacial score (nSPS) is 10.6. The largest absolute Gasteiger partial charge is 0.483 e. The molecule has 1 heterocycles. The first-order chi connectivity index (χ1) is 9.63. The number of hydrogen-bond donors (Lipinski definition) is 0. The lowest BCUT2D eigenvalue weighted by Crippen LogP contribution is -2.01. The molecule has 0 N–H and O–H groups in total. The zero-order chi connectivity index (χ0) is 14.5. The van der Waals surface area contributed by atoms with E-state index in [4.69, 9.17) is 9.26 Å². The molecular weight excluding hydrogens is 324 g/mol. The van der Waals surface area contributed by atoms with E-state index in [1.54, 1.807) is 6.07 Å². The molecule has 0 spiro atoms. The Bertz CT molecular complexity index is 610. The topological polar surface area (TPSA) is 65.2 Å². The predicted octanol–water partition coefficient (Wildman–Crippen LogP) is 3.48. The Morgan fingerprint density at radius 2 is 2.25 bits per heavy atom. The van der Waals surface area contributed by atoms with Crippen LogP contribution in [0.4, 0.5) is 0 Å². The van der Waals surface area contributed by atoms with Crippen molar-refractivity contribution in [3.05, 3.63) is 39.4 Å². The molecule has 0 saturated carbocycles. The molecule has 20 heavy (non-hydrogen) atoms. The molecule has 0 unspecified atom stereocenters. The first-order valence-electron chi connectivity index (χ1n) is 6.33. The summed E-state index contributed by atoms with van der Waals surface area (Å²) in [6.07, 6.45) is 2.50. The fraction of sp³-hybridized carbons (Fsp3) is 0.357. The van der Waals surface area contributed by atoms with Gasteiger partial charge < -0.3 is 9.26 Å². The molecule has 0 bridgehead atoms. The first kappa shape index (κ1) is 14.7. The van der Waals surface area contributed by atoms with Gasteiger partial charge in [-0.25, -0.2) is 0 Å². The number of aromatic nitrogens is 2. The van der Waals surface area contributed by atoms with Gasteiger partial charge in [-0.15, -0.1) is 0 Å². The van der Waals surface area contributed by atoms with Crippen molar-refractivity contribution in [2.24, 2.45) is 0 Å². The molecule has 1 aromatic heterocycles. The minimum absolute atomic E-state index is 0.153. The molecule has 5 nitrogen and oxygen atoms in total. The molecule has 2 aromatic rings. The number of aldehydes is 1. The third-order valence-corrected chi connectivity index (χ3v) is 3.18. The minimum atomic E-state index is 0.153. The van der Waals surface area contributed by atoms with E-state index in [0.717, 1.165) is 29.2 Å². The molecule has 106 valence electrons. The van der Waals surface area contributed by atoms with Gasteiger partial charge in [-0.05, 0) is 31.0 Å². The van der Waals surface area contributed by atoms with Gasteiger partial charge >= 0.3 is 0 Å². The molecule has 2 rings (SSSR count). The van der Waals surface area contributed by atoms with Gasteiger partial charge in [0, 0.05) is 10.9 Å². The Morgan fingerprint density at radius 1 is 1.45 bits per heavy atom. The van der Waals surface area contributed by atoms with Crippen LogP contribution in [0.1, 0.15) is 41.0 Å². The Hall–Kier alpha value is -1.69. The average Bonchev–Trinajstić information content (AvgIpc) is 2.85. The molecule has 0 aliphatic rings. The molecule has 0 aliphatic heterocycles. The summed E-state index contributed by atoms with van der Waals surface area (Å²) in [6.45, 7) is 4.08. The monoisotopic (exact) mass is 338 g/mol. The van der Waals surface area contributed by atoms with Crippen molar-refractivity contribution in [3.8, 4) is 5.75 Å². The van der Waals surface area contributed by atoms with E-state index in [-0.39, 0.29) is 6.61 Å². The highest BCUT2D eigenvalue weighted by Gasteiger charge is 2.11. The van der Waals surface area contributed by atoms with E-state index in [1.165, 1.54) is 0 Å². The fourth-order valence-corrected chi connectivity index (χ4v) is 2.44. The fourth-order valence-electron chi connectivity index (χ4n) is 1.85. The molecule has 0 saturated heterocycles. The Kier molecular flexibility index (Phi) is 4.89. The number of ether oxygens (including phenoxy) is 1. The number of carbonyl (C=O) groups excluding carboxylic acids is 1. The maximum Gasteiger partial charge on any atom is 0.264 e. The van der Waals surface area contributed by atoms with Crippen LogP contribution in [0, 0.1) is 6.92 Å². The van der Waals surface area contributed by atoms with Crippen molar-refractivity contribution >= 4 is 22.2 Å². The number of hydrogen-bond acceptors (Lipinski definition) is 5. The summed E-state index contributed by atoms with van der Waals surface area (Å²) < 4.78 is 11.6. The average molecular weight is 339 g/mol. The van der Waals surface area contributed by atoms with Gasteiger partial charge in [0.15, 0.2) is 18.7 Å². The molecular formula is C14H15BrN2O3. The maximum absolute atomic E-state index is 11.1. The Labute approximate surface area is 125 Å². The van der Waals surface area contributed by atoms with Crippen LogP contribution in [-0.4, -0.2) is 16.4 Å². The van der Waals surface area contributed by atoms with Crippen molar-refractivity contribution in [3.63, 3.8) is 0 Å². The van der Waals surface area contributed by atoms with Gasteiger partial charge in [0.25, 0.3) is 5.89 Å². The number of rotatable bonds is 6. The van der Waals surface area contributed by atoms with Crippen molar-refractivity contribution in [1.29, 1.82) is 0 Å². The summed E-state index contributed by atoms with van der Waals surface area (Å²) in [5.74, 6) is 1.63. The number of aryl methyl sites for hydroxylation is 2. The van der Waals surface area contributed by atoms with Gasteiger partial charge in [-0.1, -0.05) is 28.0 Å². The summed E-state index contributed by atoms with van der Waals surface area (Å²) in [5, 5.41) is 3.85. The highest BCUT2D eigenvalue weighted by atomic mass is 79.9. The highest BCUT2D eigenvalue weighted by Crippen LogP contribution is 2.27. The van der Waals surface area contributed by atoms with Crippen LogP contribution < -0.4 is 4.74 Å². The van der Waals surface area contributed by atoms with E-state index in [9.17, 15) is 4.79 Å². The summed E-state index contributed by atoms with van der Waals surface area (Å²) in [5.41, 5.74) is 1.36. The highest BCUT2D eigenvalue weighted by molar-refractivity contribution is 9.10. The van der Waals surface area contributed by atoms with Crippen molar-refractivity contribution in [2.45, 2.75) is 33.3 Å². The van der Waals surface area contributed by atoms with E-state index in [1.807, 2.05) is 19.9 Å². The number of carbonyl (C=O) groups is 1. The minimum Gasteiger partial charge on any atom is -0.483 e. The number of halogens is 1. The number of benzene rings is 1. The standard InChI is InChI=1S/C14H15BrN2O3/c1-3-4-12-16-13(20-17-12)8-19-14-9(2)5-11(15)6-10(14)7-18/h5-7H,3-4,8H2,1-2H3. The molecule has 0 radical (unpaired) electrons. The Balaban J connectivity index is 2.11. The SMILES string of the molecule is CCCc1noc(COc2c(C)cc(Br)cc2C=O)n1. The quantitative estimate of drug-likeness (QED) is 0.754. The molecule has 6 heteroatoms. The van der Waals surface area contributed by atoms with E-state index in [2.05, 4.69) is 26.1 Å².